The maximum absolute atomic E-state index is 5.96. The second-order valence-corrected chi connectivity index (χ2v) is 7.17. The molecule has 0 aliphatic rings. The predicted octanol–water partition coefficient (Wildman–Crippen LogP) is 2.80. The van der Waals surface area contributed by atoms with Crippen molar-refractivity contribution < 1.29 is 4.74 Å². The Balaban J connectivity index is 3.06. The van der Waals surface area contributed by atoms with Crippen molar-refractivity contribution in [1.29, 1.82) is 0 Å². The standard InChI is InChI=1S/C15H29BrN4O/c1-7-20-12(13(16)10(3)19-20)9-11(18-17)14(21-8-2)15(4,5)6/h11,14,18H,7-9,17H2,1-6H3. The number of ether oxygens (including phenoxy) is 1. The maximum atomic E-state index is 5.96. The number of nitrogens with two attached hydrogens (primary N) is 1. The zero-order valence-corrected chi connectivity index (χ0v) is 15.6. The molecule has 0 radical (unpaired) electrons. The van der Waals surface area contributed by atoms with Crippen LogP contribution in [0.2, 0.25) is 0 Å². The zero-order valence-electron chi connectivity index (χ0n) is 14.0. The Labute approximate surface area is 136 Å². The van der Waals surface area contributed by atoms with E-state index >= 15 is 0 Å². The van der Waals surface area contributed by atoms with Gasteiger partial charge in [-0.15, -0.1) is 0 Å². The highest BCUT2D eigenvalue weighted by molar-refractivity contribution is 9.10. The molecule has 2 unspecified atom stereocenters. The summed E-state index contributed by atoms with van der Waals surface area (Å²) in [4.78, 5) is 0. The smallest absolute Gasteiger partial charge is 0.0793 e. The van der Waals surface area contributed by atoms with Gasteiger partial charge in [0.2, 0.25) is 0 Å². The third-order valence-corrected chi connectivity index (χ3v) is 4.68. The lowest BCUT2D eigenvalue weighted by molar-refractivity contribution is -0.0360. The topological polar surface area (TPSA) is 65.1 Å². The number of hydrogen-bond acceptors (Lipinski definition) is 4. The molecule has 0 saturated carbocycles. The first-order chi connectivity index (χ1) is 9.76. The summed E-state index contributed by atoms with van der Waals surface area (Å²) in [5, 5.41) is 4.54. The van der Waals surface area contributed by atoms with Gasteiger partial charge in [0.15, 0.2) is 0 Å². The highest BCUT2D eigenvalue weighted by Gasteiger charge is 2.33. The van der Waals surface area contributed by atoms with Crippen LogP contribution in [0.15, 0.2) is 4.47 Å². The van der Waals surface area contributed by atoms with Crippen LogP contribution in [-0.2, 0) is 17.7 Å². The van der Waals surface area contributed by atoms with Crippen molar-refractivity contribution in [1.82, 2.24) is 15.2 Å². The maximum Gasteiger partial charge on any atom is 0.0793 e. The molecule has 0 aliphatic carbocycles. The molecular weight excluding hydrogens is 332 g/mol. The molecule has 0 aromatic carbocycles. The molecule has 1 rings (SSSR count). The van der Waals surface area contributed by atoms with Crippen LogP contribution >= 0.6 is 15.9 Å². The van der Waals surface area contributed by atoms with E-state index in [-0.39, 0.29) is 17.6 Å². The van der Waals surface area contributed by atoms with Gasteiger partial charge in [-0.2, -0.15) is 5.10 Å². The van der Waals surface area contributed by atoms with E-state index in [1.807, 2.05) is 18.5 Å². The van der Waals surface area contributed by atoms with Gasteiger partial charge in [-0.3, -0.25) is 16.0 Å². The van der Waals surface area contributed by atoms with E-state index in [1.54, 1.807) is 0 Å². The minimum atomic E-state index is 0.00559. The number of halogens is 1. The summed E-state index contributed by atoms with van der Waals surface area (Å²) >= 11 is 3.65. The number of nitrogens with one attached hydrogen (secondary N) is 1. The van der Waals surface area contributed by atoms with Crippen molar-refractivity contribution in [2.75, 3.05) is 6.61 Å². The highest BCUT2D eigenvalue weighted by Crippen LogP contribution is 2.29. The molecule has 0 amide bonds. The second kappa shape index (κ2) is 7.72. The molecule has 1 aromatic heterocycles. The predicted molar refractivity (Wildman–Crippen MR) is 90.0 cm³/mol. The van der Waals surface area contributed by atoms with Crippen LogP contribution in [0.25, 0.3) is 0 Å². The number of aromatic nitrogens is 2. The molecule has 3 N–H and O–H groups in total. The molecule has 0 spiro atoms. The van der Waals surface area contributed by atoms with Gasteiger partial charge in [0.25, 0.3) is 0 Å². The van der Waals surface area contributed by atoms with E-state index in [2.05, 4.69) is 54.1 Å². The first-order valence-electron chi connectivity index (χ1n) is 7.55. The molecular formula is C15H29BrN4O. The molecule has 0 bridgehead atoms. The number of aryl methyl sites for hydroxylation is 2. The zero-order chi connectivity index (χ0) is 16.2. The van der Waals surface area contributed by atoms with Gasteiger partial charge in [-0.25, -0.2) is 0 Å². The Bertz CT molecular complexity index is 453. The van der Waals surface area contributed by atoms with Crippen LogP contribution in [0.1, 0.15) is 46.0 Å². The molecule has 0 aliphatic heterocycles. The van der Waals surface area contributed by atoms with Gasteiger partial charge in [-0.05, 0) is 42.1 Å². The number of hydrogen-bond donors (Lipinski definition) is 2. The quantitative estimate of drug-likeness (QED) is 0.579. The molecule has 1 aromatic rings. The summed E-state index contributed by atoms with van der Waals surface area (Å²) in [6.45, 7) is 14.2. The van der Waals surface area contributed by atoms with Crippen molar-refractivity contribution >= 4 is 15.9 Å². The van der Waals surface area contributed by atoms with Crippen LogP contribution in [0.4, 0.5) is 0 Å². The summed E-state index contributed by atoms with van der Waals surface area (Å²) < 4.78 is 9.05. The average Bonchev–Trinajstić information content (AvgIpc) is 2.68. The lowest BCUT2D eigenvalue weighted by Crippen LogP contribution is -2.52. The normalized spacial score (nSPS) is 15.2. The number of nitrogens with zero attached hydrogens (tertiary/aromatic N) is 2. The molecule has 5 nitrogen and oxygen atoms in total. The van der Waals surface area contributed by atoms with Crippen LogP contribution < -0.4 is 11.3 Å². The Morgan fingerprint density at radius 3 is 2.43 bits per heavy atom. The Kier molecular flexibility index (Phi) is 6.84. The van der Waals surface area contributed by atoms with Crippen molar-refractivity contribution in [2.45, 2.75) is 66.7 Å². The Hall–Kier alpha value is -0.430. The molecule has 2 atom stereocenters. The summed E-state index contributed by atoms with van der Waals surface area (Å²) in [6.07, 6.45) is 0.799. The Morgan fingerprint density at radius 1 is 1.38 bits per heavy atom. The van der Waals surface area contributed by atoms with E-state index in [4.69, 9.17) is 10.6 Å². The largest absolute Gasteiger partial charge is 0.376 e. The fraction of sp³-hybridized carbons (Fsp3) is 0.800. The lowest BCUT2D eigenvalue weighted by Gasteiger charge is -2.36. The summed E-state index contributed by atoms with van der Waals surface area (Å²) in [7, 11) is 0. The molecule has 0 fully saturated rings. The third kappa shape index (κ3) is 4.52. The van der Waals surface area contributed by atoms with Gasteiger partial charge in [0.05, 0.1) is 28.0 Å². The van der Waals surface area contributed by atoms with Crippen LogP contribution in [0.5, 0.6) is 0 Å². The average molecular weight is 361 g/mol. The van der Waals surface area contributed by atoms with Crippen LogP contribution in [-0.4, -0.2) is 28.5 Å². The van der Waals surface area contributed by atoms with Crippen LogP contribution in [0.3, 0.4) is 0 Å². The van der Waals surface area contributed by atoms with E-state index in [0.29, 0.717) is 6.61 Å². The van der Waals surface area contributed by atoms with Gasteiger partial charge in [0, 0.05) is 19.6 Å². The molecule has 122 valence electrons. The van der Waals surface area contributed by atoms with Crippen LogP contribution in [0, 0.1) is 12.3 Å². The fourth-order valence-electron chi connectivity index (χ4n) is 2.67. The van der Waals surface area contributed by atoms with Gasteiger partial charge >= 0.3 is 0 Å². The lowest BCUT2D eigenvalue weighted by atomic mass is 9.83. The Morgan fingerprint density at radius 2 is 2.00 bits per heavy atom. The minimum absolute atomic E-state index is 0.00559. The van der Waals surface area contributed by atoms with E-state index in [0.717, 1.165) is 28.8 Å². The van der Waals surface area contributed by atoms with Crippen molar-refractivity contribution in [2.24, 2.45) is 11.3 Å². The highest BCUT2D eigenvalue weighted by atomic mass is 79.9. The second-order valence-electron chi connectivity index (χ2n) is 6.38. The third-order valence-electron chi connectivity index (χ3n) is 3.65. The minimum Gasteiger partial charge on any atom is -0.376 e. The van der Waals surface area contributed by atoms with E-state index in [1.165, 1.54) is 0 Å². The summed E-state index contributed by atoms with van der Waals surface area (Å²) in [6, 6.07) is 0.0302. The molecule has 1 heterocycles. The monoisotopic (exact) mass is 360 g/mol. The first kappa shape index (κ1) is 18.6. The van der Waals surface area contributed by atoms with Gasteiger partial charge < -0.3 is 4.74 Å². The number of hydrazine groups is 1. The SMILES string of the molecule is CCOC(C(Cc1c(Br)c(C)nn1CC)NN)C(C)(C)C. The molecule has 0 saturated heterocycles. The first-order valence-corrected chi connectivity index (χ1v) is 8.35. The van der Waals surface area contributed by atoms with E-state index in [9.17, 15) is 0 Å². The van der Waals surface area contributed by atoms with Crippen molar-refractivity contribution in [3.63, 3.8) is 0 Å². The fourth-order valence-corrected chi connectivity index (χ4v) is 3.12. The van der Waals surface area contributed by atoms with Gasteiger partial charge in [0.1, 0.15) is 0 Å². The number of rotatable bonds is 7. The summed E-state index contributed by atoms with van der Waals surface area (Å²) in [5.41, 5.74) is 5.11. The van der Waals surface area contributed by atoms with Crippen molar-refractivity contribution in [3.8, 4) is 0 Å². The van der Waals surface area contributed by atoms with E-state index < -0.39 is 0 Å². The molecule has 6 heteroatoms. The summed E-state index contributed by atoms with van der Waals surface area (Å²) in [5.74, 6) is 5.82. The molecule has 21 heavy (non-hydrogen) atoms. The van der Waals surface area contributed by atoms with Crippen molar-refractivity contribution in [3.05, 3.63) is 15.9 Å². The van der Waals surface area contributed by atoms with Gasteiger partial charge in [-0.1, -0.05) is 20.8 Å².